The predicted molar refractivity (Wildman–Crippen MR) is 77.9 cm³/mol. The third-order valence-electron chi connectivity index (χ3n) is 3.67. The van der Waals surface area contributed by atoms with Gasteiger partial charge in [-0.05, 0) is 17.5 Å². The molecule has 2 unspecified atom stereocenters. The quantitative estimate of drug-likeness (QED) is 0.909. The molecule has 3 rings (SSSR count). The number of amides is 1. The number of carbonyl (C=O) groups excluding carboxylic acids is 1. The lowest BCUT2D eigenvalue weighted by atomic mass is 10.1. The number of fused-ring (bicyclic) bond motifs is 1. The minimum atomic E-state index is -0.561. The minimum Gasteiger partial charge on any atom is -0.390 e. The van der Waals surface area contributed by atoms with Crippen LogP contribution in [0.4, 0.5) is 0 Å². The van der Waals surface area contributed by atoms with E-state index >= 15 is 0 Å². The Morgan fingerprint density at radius 3 is 3.10 bits per heavy atom. The highest BCUT2D eigenvalue weighted by Gasteiger charge is 2.32. The van der Waals surface area contributed by atoms with Crippen LogP contribution >= 0.6 is 11.3 Å². The molecule has 1 aromatic carbocycles. The highest BCUT2D eigenvalue weighted by molar-refractivity contribution is 7.11. The van der Waals surface area contributed by atoms with Crippen molar-refractivity contribution in [1.82, 2.24) is 10.3 Å². The summed E-state index contributed by atoms with van der Waals surface area (Å²) in [6, 6.07) is 7.51. The molecule has 0 saturated heterocycles. The van der Waals surface area contributed by atoms with Crippen molar-refractivity contribution >= 4 is 17.2 Å². The summed E-state index contributed by atoms with van der Waals surface area (Å²) in [5, 5.41) is 13.1. The van der Waals surface area contributed by atoms with Gasteiger partial charge in [-0.1, -0.05) is 31.2 Å². The highest BCUT2D eigenvalue weighted by Crippen LogP contribution is 2.31. The number of aliphatic hydroxyl groups excluding tert-OH is 1. The Kier molecular flexibility index (Phi) is 3.54. The number of thiazole rings is 1. The summed E-state index contributed by atoms with van der Waals surface area (Å²) in [5.41, 5.74) is 4.61. The van der Waals surface area contributed by atoms with Gasteiger partial charge in [0.2, 0.25) is 0 Å². The molecule has 0 fully saturated rings. The van der Waals surface area contributed by atoms with E-state index in [0.717, 1.165) is 23.2 Å². The van der Waals surface area contributed by atoms with Crippen molar-refractivity contribution in [3.05, 3.63) is 51.5 Å². The Labute approximate surface area is 121 Å². The van der Waals surface area contributed by atoms with Crippen LogP contribution in [0.15, 0.2) is 29.8 Å². The Morgan fingerprint density at radius 2 is 2.30 bits per heavy atom. The molecule has 0 spiro atoms. The average Bonchev–Trinajstić information content (AvgIpc) is 3.04. The van der Waals surface area contributed by atoms with Crippen LogP contribution in [0.1, 0.15) is 39.5 Å². The standard InChI is InChI=1S/C15H16N2O2S/c1-2-11-14(20-8-16-11)15(19)17-13-10-6-4-3-5-9(10)7-12(13)18/h3-6,8,12-13,18H,2,7H2,1H3,(H,17,19). The Morgan fingerprint density at radius 1 is 1.50 bits per heavy atom. The number of nitrogens with one attached hydrogen (secondary N) is 1. The summed E-state index contributed by atoms with van der Waals surface area (Å²) in [6.45, 7) is 1.98. The lowest BCUT2D eigenvalue weighted by Crippen LogP contribution is -2.33. The molecular weight excluding hydrogens is 272 g/mol. The van der Waals surface area contributed by atoms with Gasteiger partial charge in [0, 0.05) is 6.42 Å². The van der Waals surface area contributed by atoms with E-state index in [1.165, 1.54) is 11.3 Å². The number of benzene rings is 1. The monoisotopic (exact) mass is 288 g/mol. The molecule has 1 aliphatic rings. The average molecular weight is 288 g/mol. The fourth-order valence-corrected chi connectivity index (χ4v) is 3.44. The van der Waals surface area contributed by atoms with E-state index in [1.807, 2.05) is 31.2 Å². The van der Waals surface area contributed by atoms with Crippen LogP contribution in [0.5, 0.6) is 0 Å². The topological polar surface area (TPSA) is 62.2 Å². The van der Waals surface area contributed by atoms with Gasteiger partial charge in [-0.3, -0.25) is 4.79 Å². The van der Waals surface area contributed by atoms with Crippen molar-refractivity contribution in [2.24, 2.45) is 0 Å². The molecule has 2 aromatic rings. The van der Waals surface area contributed by atoms with Gasteiger partial charge in [0.25, 0.3) is 5.91 Å². The Bertz CT molecular complexity index is 638. The van der Waals surface area contributed by atoms with Gasteiger partial charge in [-0.25, -0.2) is 4.98 Å². The first kappa shape index (κ1) is 13.3. The van der Waals surface area contributed by atoms with E-state index in [1.54, 1.807) is 5.51 Å². The second kappa shape index (κ2) is 5.34. The maximum atomic E-state index is 12.3. The van der Waals surface area contributed by atoms with Crippen molar-refractivity contribution < 1.29 is 9.90 Å². The molecule has 2 N–H and O–H groups in total. The van der Waals surface area contributed by atoms with Crippen LogP contribution < -0.4 is 5.32 Å². The molecule has 4 nitrogen and oxygen atoms in total. The maximum Gasteiger partial charge on any atom is 0.263 e. The first-order valence-corrected chi connectivity index (χ1v) is 7.57. The number of hydrogen-bond donors (Lipinski definition) is 2. The normalized spacial score (nSPS) is 20.7. The molecule has 20 heavy (non-hydrogen) atoms. The Balaban J connectivity index is 1.83. The van der Waals surface area contributed by atoms with Crippen molar-refractivity contribution in [3.8, 4) is 0 Å². The summed E-state index contributed by atoms with van der Waals surface area (Å²) < 4.78 is 0. The zero-order valence-electron chi connectivity index (χ0n) is 11.2. The van der Waals surface area contributed by atoms with Gasteiger partial charge >= 0.3 is 0 Å². The molecule has 0 bridgehead atoms. The predicted octanol–water partition coefficient (Wildman–Crippen LogP) is 2.09. The number of aryl methyl sites for hydroxylation is 1. The molecule has 1 heterocycles. The van der Waals surface area contributed by atoms with Crippen molar-refractivity contribution in [1.29, 1.82) is 0 Å². The van der Waals surface area contributed by atoms with Crippen LogP contribution in [-0.4, -0.2) is 22.1 Å². The molecule has 0 aliphatic heterocycles. The van der Waals surface area contributed by atoms with Crippen LogP contribution in [0.3, 0.4) is 0 Å². The van der Waals surface area contributed by atoms with Gasteiger partial charge in [0.1, 0.15) is 4.88 Å². The fourth-order valence-electron chi connectivity index (χ4n) is 2.66. The molecule has 1 amide bonds. The maximum absolute atomic E-state index is 12.3. The summed E-state index contributed by atoms with van der Waals surface area (Å²) >= 11 is 1.34. The van der Waals surface area contributed by atoms with Crippen molar-refractivity contribution in [2.45, 2.75) is 31.9 Å². The van der Waals surface area contributed by atoms with Crippen LogP contribution in [0, 0.1) is 0 Å². The molecule has 0 saturated carbocycles. The summed E-state index contributed by atoms with van der Waals surface area (Å²) in [5.74, 6) is -0.148. The number of carbonyl (C=O) groups is 1. The lowest BCUT2D eigenvalue weighted by molar-refractivity contribution is 0.0861. The van der Waals surface area contributed by atoms with Crippen molar-refractivity contribution in [3.63, 3.8) is 0 Å². The SMILES string of the molecule is CCc1ncsc1C(=O)NC1c2ccccc2CC1O. The van der Waals surface area contributed by atoms with Gasteiger partial charge < -0.3 is 10.4 Å². The zero-order chi connectivity index (χ0) is 14.1. The van der Waals surface area contributed by atoms with Crippen molar-refractivity contribution in [2.75, 3.05) is 0 Å². The number of nitrogens with zero attached hydrogens (tertiary/aromatic N) is 1. The third-order valence-corrected chi connectivity index (χ3v) is 4.54. The Hall–Kier alpha value is -1.72. The molecule has 2 atom stereocenters. The first-order valence-electron chi connectivity index (χ1n) is 6.69. The summed E-state index contributed by atoms with van der Waals surface area (Å²) in [4.78, 5) is 17.2. The number of aromatic nitrogens is 1. The smallest absolute Gasteiger partial charge is 0.263 e. The molecule has 5 heteroatoms. The van der Waals surface area contributed by atoms with E-state index in [9.17, 15) is 9.90 Å². The van der Waals surface area contributed by atoms with E-state index in [-0.39, 0.29) is 11.9 Å². The van der Waals surface area contributed by atoms with Crippen LogP contribution in [0.2, 0.25) is 0 Å². The second-order valence-corrected chi connectivity index (χ2v) is 5.76. The van der Waals surface area contributed by atoms with E-state index < -0.39 is 6.10 Å². The lowest BCUT2D eigenvalue weighted by Gasteiger charge is -2.17. The van der Waals surface area contributed by atoms with Gasteiger partial charge in [-0.15, -0.1) is 11.3 Å². The molecule has 1 aliphatic carbocycles. The van der Waals surface area contributed by atoms with E-state index in [4.69, 9.17) is 0 Å². The number of hydrogen-bond acceptors (Lipinski definition) is 4. The van der Waals surface area contributed by atoms with Gasteiger partial charge in [0.05, 0.1) is 23.4 Å². The molecule has 104 valence electrons. The summed E-state index contributed by atoms with van der Waals surface area (Å²) in [6.07, 6.45) is 0.759. The highest BCUT2D eigenvalue weighted by atomic mass is 32.1. The van der Waals surface area contributed by atoms with Crippen LogP contribution in [0.25, 0.3) is 0 Å². The van der Waals surface area contributed by atoms with Crippen LogP contribution in [-0.2, 0) is 12.8 Å². The molecular formula is C15H16N2O2S. The number of rotatable bonds is 3. The fraction of sp³-hybridized carbons (Fsp3) is 0.333. The first-order chi connectivity index (χ1) is 9.70. The minimum absolute atomic E-state index is 0.148. The largest absolute Gasteiger partial charge is 0.390 e. The van der Waals surface area contributed by atoms with Gasteiger partial charge in [0.15, 0.2) is 0 Å². The second-order valence-electron chi connectivity index (χ2n) is 4.90. The summed E-state index contributed by atoms with van der Waals surface area (Å²) in [7, 11) is 0. The molecule has 0 radical (unpaired) electrons. The molecule has 1 aromatic heterocycles. The zero-order valence-corrected chi connectivity index (χ0v) is 12.0. The van der Waals surface area contributed by atoms with Gasteiger partial charge in [-0.2, -0.15) is 0 Å². The van der Waals surface area contributed by atoms with E-state index in [0.29, 0.717) is 11.3 Å². The van der Waals surface area contributed by atoms with E-state index in [2.05, 4.69) is 10.3 Å². The third kappa shape index (κ3) is 2.23. The number of aliphatic hydroxyl groups is 1.